The minimum atomic E-state index is -0.0761. The van der Waals surface area contributed by atoms with E-state index in [1.54, 1.807) is 29.3 Å². The van der Waals surface area contributed by atoms with Crippen LogP contribution in [0.2, 0.25) is 0 Å². The lowest BCUT2D eigenvalue weighted by Crippen LogP contribution is -2.31. The summed E-state index contributed by atoms with van der Waals surface area (Å²) in [5.74, 6) is -0.0761. The van der Waals surface area contributed by atoms with E-state index >= 15 is 0 Å². The second-order valence-corrected chi connectivity index (χ2v) is 3.91. The van der Waals surface area contributed by atoms with Crippen LogP contribution in [0.25, 0.3) is 11.0 Å². The van der Waals surface area contributed by atoms with E-state index in [2.05, 4.69) is 23.1 Å². The van der Waals surface area contributed by atoms with Crippen molar-refractivity contribution in [2.24, 2.45) is 0 Å². The van der Waals surface area contributed by atoms with E-state index in [-0.39, 0.29) is 5.91 Å². The van der Waals surface area contributed by atoms with Crippen LogP contribution in [0.15, 0.2) is 49.7 Å². The van der Waals surface area contributed by atoms with E-state index in [0.29, 0.717) is 18.8 Å². The highest BCUT2D eigenvalue weighted by Gasteiger charge is 2.15. The van der Waals surface area contributed by atoms with E-state index in [9.17, 15) is 4.79 Å². The number of hydrogen-bond donors (Lipinski definition) is 1. The molecule has 0 aliphatic carbocycles. The third-order valence-corrected chi connectivity index (χ3v) is 2.61. The van der Waals surface area contributed by atoms with Crippen molar-refractivity contribution in [2.45, 2.75) is 0 Å². The maximum Gasteiger partial charge on any atom is 0.270 e. The number of H-pyrrole nitrogens is 1. The smallest absolute Gasteiger partial charge is 0.270 e. The number of aromatic amines is 1. The third-order valence-electron chi connectivity index (χ3n) is 2.61. The minimum absolute atomic E-state index is 0.0761. The fraction of sp³-hybridized carbons (Fsp3) is 0.143. The number of pyridine rings is 1. The van der Waals surface area contributed by atoms with Gasteiger partial charge in [0.15, 0.2) is 0 Å². The van der Waals surface area contributed by atoms with Gasteiger partial charge in [-0.05, 0) is 18.2 Å². The van der Waals surface area contributed by atoms with Crippen LogP contribution in [0.4, 0.5) is 0 Å². The standard InChI is InChI=1S/C14H15N3O/c1-3-8-17(9-4-2)14(18)13-10-12-11(16-13)6-5-7-15-12/h3-7,10,16H,1-2,8-9H2. The monoisotopic (exact) mass is 241 g/mol. The van der Waals surface area contributed by atoms with Crippen molar-refractivity contribution in [3.63, 3.8) is 0 Å². The Morgan fingerprint density at radius 3 is 2.72 bits per heavy atom. The highest BCUT2D eigenvalue weighted by molar-refractivity contribution is 5.97. The molecule has 0 atom stereocenters. The van der Waals surface area contributed by atoms with E-state index in [4.69, 9.17) is 0 Å². The zero-order valence-corrected chi connectivity index (χ0v) is 10.1. The van der Waals surface area contributed by atoms with Gasteiger partial charge in [-0.15, -0.1) is 13.2 Å². The number of carbonyl (C=O) groups excluding carboxylic acids is 1. The summed E-state index contributed by atoms with van der Waals surface area (Å²) in [6, 6.07) is 5.49. The molecule has 2 rings (SSSR count). The number of nitrogens with zero attached hydrogens (tertiary/aromatic N) is 2. The van der Waals surface area contributed by atoms with Crippen molar-refractivity contribution in [3.8, 4) is 0 Å². The molecule has 92 valence electrons. The fourth-order valence-electron chi connectivity index (χ4n) is 1.79. The van der Waals surface area contributed by atoms with E-state index in [1.165, 1.54) is 0 Å². The van der Waals surface area contributed by atoms with Crippen LogP contribution in [0.5, 0.6) is 0 Å². The Labute approximate surface area is 106 Å². The molecule has 0 aliphatic rings. The molecule has 1 amide bonds. The Bertz CT molecular complexity index is 542. The first-order valence-corrected chi connectivity index (χ1v) is 5.71. The van der Waals surface area contributed by atoms with Gasteiger partial charge in [0.25, 0.3) is 5.91 Å². The number of amides is 1. The number of hydrogen-bond acceptors (Lipinski definition) is 2. The number of fused-ring (bicyclic) bond motifs is 1. The maximum atomic E-state index is 12.3. The van der Waals surface area contributed by atoms with E-state index in [0.717, 1.165) is 11.0 Å². The van der Waals surface area contributed by atoms with Gasteiger partial charge < -0.3 is 9.88 Å². The number of nitrogens with one attached hydrogen (secondary N) is 1. The number of rotatable bonds is 5. The molecule has 0 saturated carbocycles. The zero-order valence-electron chi connectivity index (χ0n) is 10.1. The fourth-order valence-corrected chi connectivity index (χ4v) is 1.79. The predicted molar refractivity (Wildman–Crippen MR) is 72.4 cm³/mol. The minimum Gasteiger partial charge on any atom is -0.349 e. The highest BCUT2D eigenvalue weighted by Crippen LogP contribution is 2.13. The largest absolute Gasteiger partial charge is 0.349 e. The predicted octanol–water partition coefficient (Wildman–Crippen LogP) is 2.38. The van der Waals surface area contributed by atoms with Crippen molar-refractivity contribution in [1.29, 1.82) is 0 Å². The summed E-state index contributed by atoms with van der Waals surface area (Å²) in [6.07, 6.45) is 5.10. The molecule has 1 N–H and O–H groups in total. The van der Waals surface area contributed by atoms with E-state index in [1.807, 2.05) is 12.1 Å². The summed E-state index contributed by atoms with van der Waals surface area (Å²) in [7, 11) is 0. The van der Waals surface area contributed by atoms with Crippen molar-refractivity contribution in [3.05, 3.63) is 55.4 Å². The Morgan fingerprint density at radius 1 is 1.39 bits per heavy atom. The summed E-state index contributed by atoms with van der Waals surface area (Å²) < 4.78 is 0. The molecule has 0 spiro atoms. The first-order chi connectivity index (χ1) is 8.76. The van der Waals surface area contributed by atoms with Gasteiger partial charge in [-0.25, -0.2) is 0 Å². The van der Waals surface area contributed by atoms with Gasteiger partial charge in [-0.1, -0.05) is 12.2 Å². The second kappa shape index (κ2) is 5.31. The second-order valence-electron chi connectivity index (χ2n) is 3.91. The van der Waals surface area contributed by atoms with Crippen LogP contribution in [-0.2, 0) is 0 Å². The summed E-state index contributed by atoms with van der Waals surface area (Å²) in [4.78, 5) is 21.2. The molecule has 0 saturated heterocycles. The van der Waals surface area contributed by atoms with Crippen molar-refractivity contribution < 1.29 is 4.79 Å². The van der Waals surface area contributed by atoms with Crippen LogP contribution >= 0.6 is 0 Å². The molecule has 0 unspecified atom stereocenters. The van der Waals surface area contributed by atoms with Crippen LogP contribution in [0.1, 0.15) is 10.5 Å². The quantitative estimate of drug-likeness (QED) is 0.817. The van der Waals surface area contributed by atoms with Crippen molar-refractivity contribution >= 4 is 16.9 Å². The Hall–Kier alpha value is -2.36. The summed E-state index contributed by atoms with van der Waals surface area (Å²) in [6.45, 7) is 8.29. The molecular formula is C14H15N3O. The van der Waals surface area contributed by atoms with E-state index < -0.39 is 0 Å². The van der Waals surface area contributed by atoms with Gasteiger partial charge in [-0.3, -0.25) is 9.78 Å². The van der Waals surface area contributed by atoms with Crippen LogP contribution in [-0.4, -0.2) is 33.9 Å². The summed E-state index contributed by atoms with van der Waals surface area (Å²) in [5, 5.41) is 0. The molecule has 2 heterocycles. The van der Waals surface area contributed by atoms with Gasteiger partial charge >= 0.3 is 0 Å². The van der Waals surface area contributed by atoms with Crippen LogP contribution in [0, 0.1) is 0 Å². The zero-order chi connectivity index (χ0) is 13.0. The molecule has 0 aromatic carbocycles. The average molecular weight is 241 g/mol. The molecule has 0 fully saturated rings. The first kappa shape index (κ1) is 12.1. The van der Waals surface area contributed by atoms with Gasteiger partial charge in [0, 0.05) is 19.3 Å². The molecular weight excluding hydrogens is 226 g/mol. The molecule has 18 heavy (non-hydrogen) atoms. The SMILES string of the molecule is C=CCN(CC=C)C(=O)c1cc2ncccc2[nH]1. The van der Waals surface area contributed by atoms with Crippen molar-refractivity contribution in [2.75, 3.05) is 13.1 Å². The lowest BCUT2D eigenvalue weighted by Gasteiger charge is -2.18. The Morgan fingerprint density at radius 2 is 2.11 bits per heavy atom. The number of carbonyl (C=O) groups is 1. The molecule has 2 aromatic rings. The van der Waals surface area contributed by atoms with Gasteiger partial charge in [-0.2, -0.15) is 0 Å². The Balaban J connectivity index is 2.30. The third kappa shape index (κ3) is 2.32. The van der Waals surface area contributed by atoms with Crippen molar-refractivity contribution in [1.82, 2.24) is 14.9 Å². The topological polar surface area (TPSA) is 49.0 Å². The van der Waals surface area contributed by atoms with Gasteiger partial charge in [0.05, 0.1) is 11.0 Å². The molecule has 0 radical (unpaired) electrons. The maximum absolute atomic E-state index is 12.3. The normalized spacial score (nSPS) is 10.2. The molecule has 2 aromatic heterocycles. The lowest BCUT2D eigenvalue weighted by atomic mass is 10.3. The molecule has 0 aliphatic heterocycles. The van der Waals surface area contributed by atoms with Gasteiger partial charge in [0.2, 0.25) is 0 Å². The van der Waals surface area contributed by atoms with Gasteiger partial charge in [0.1, 0.15) is 5.69 Å². The summed E-state index contributed by atoms with van der Waals surface area (Å²) >= 11 is 0. The van der Waals surface area contributed by atoms with Crippen LogP contribution in [0.3, 0.4) is 0 Å². The first-order valence-electron chi connectivity index (χ1n) is 5.71. The highest BCUT2D eigenvalue weighted by atomic mass is 16.2. The number of aromatic nitrogens is 2. The molecule has 4 nitrogen and oxygen atoms in total. The van der Waals surface area contributed by atoms with Crippen LogP contribution < -0.4 is 0 Å². The lowest BCUT2D eigenvalue weighted by molar-refractivity contribution is 0.0786. The Kier molecular flexibility index (Phi) is 3.57. The average Bonchev–Trinajstić information content (AvgIpc) is 2.81. The summed E-state index contributed by atoms with van der Waals surface area (Å²) in [5.41, 5.74) is 2.18. The molecule has 4 heteroatoms. The molecule has 0 bridgehead atoms.